The SMILES string of the molecule is O=C(NC1(C(=O)O)CC1)C1CC(=O)N(c2ccc(Cl)c(F)c2)C1. The lowest BCUT2D eigenvalue weighted by Gasteiger charge is -2.18. The van der Waals surface area contributed by atoms with Crippen LogP contribution in [-0.2, 0) is 14.4 Å². The van der Waals surface area contributed by atoms with E-state index in [0.717, 1.165) is 6.07 Å². The molecule has 1 aromatic rings. The van der Waals surface area contributed by atoms with Gasteiger partial charge >= 0.3 is 5.97 Å². The molecule has 2 N–H and O–H groups in total. The van der Waals surface area contributed by atoms with E-state index >= 15 is 0 Å². The first-order valence-corrected chi connectivity index (χ1v) is 7.51. The molecule has 23 heavy (non-hydrogen) atoms. The van der Waals surface area contributed by atoms with Gasteiger partial charge in [0, 0.05) is 18.7 Å². The summed E-state index contributed by atoms with van der Waals surface area (Å²) in [6.07, 6.45) is 0.744. The Labute approximate surface area is 136 Å². The summed E-state index contributed by atoms with van der Waals surface area (Å²) in [7, 11) is 0. The first kappa shape index (κ1) is 15.7. The van der Waals surface area contributed by atoms with Crippen LogP contribution in [0.2, 0.25) is 5.02 Å². The first-order chi connectivity index (χ1) is 10.8. The topological polar surface area (TPSA) is 86.7 Å². The molecule has 1 unspecified atom stereocenters. The summed E-state index contributed by atoms with van der Waals surface area (Å²) < 4.78 is 13.5. The van der Waals surface area contributed by atoms with Crippen molar-refractivity contribution in [3.05, 3.63) is 29.0 Å². The molecule has 8 heteroatoms. The van der Waals surface area contributed by atoms with Crippen LogP contribution >= 0.6 is 11.6 Å². The lowest BCUT2D eigenvalue weighted by molar-refractivity contribution is -0.143. The number of carboxylic acid groups (broad SMARTS) is 1. The van der Waals surface area contributed by atoms with Crippen molar-refractivity contribution in [1.29, 1.82) is 0 Å². The Morgan fingerprint density at radius 2 is 2.09 bits per heavy atom. The minimum Gasteiger partial charge on any atom is -0.480 e. The maximum Gasteiger partial charge on any atom is 0.329 e. The highest BCUT2D eigenvalue weighted by atomic mass is 35.5. The van der Waals surface area contributed by atoms with Crippen LogP contribution < -0.4 is 10.2 Å². The third-order valence-corrected chi connectivity index (χ3v) is 4.54. The van der Waals surface area contributed by atoms with Gasteiger partial charge in [-0.1, -0.05) is 11.6 Å². The molecule has 1 aromatic carbocycles. The standard InChI is InChI=1S/C15H14ClFN2O4/c16-10-2-1-9(6-11(10)17)19-7-8(5-12(19)20)13(21)18-15(3-4-15)14(22)23/h1-2,6,8H,3-5,7H2,(H,18,21)(H,22,23). The molecule has 1 saturated carbocycles. The maximum atomic E-state index is 13.5. The number of carbonyl (C=O) groups excluding carboxylic acids is 2. The van der Waals surface area contributed by atoms with E-state index in [4.69, 9.17) is 16.7 Å². The number of rotatable bonds is 4. The average Bonchev–Trinajstić information content (AvgIpc) is 3.17. The number of anilines is 1. The second kappa shape index (κ2) is 5.49. The van der Waals surface area contributed by atoms with Gasteiger partial charge in [-0.2, -0.15) is 0 Å². The minimum absolute atomic E-state index is 0.0359. The summed E-state index contributed by atoms with van der Waals surface area (Å²) in [4.78, 5) is 36.7. The third kappa shape index (κ3) is 2.88. The highest BCUT2D eigenvalue weighted by Crippen LogP contribution is 2.36. The molecule has 0 aromatic heterocycles. The van der Waals surface area contributed by atoms with Crippen molar-refractivity contribution in [3.8, 4) is 0 Å². The Hall–Kier alpha value is -2.15. The molecule has 2 aliphatic rings. The number of carboxylic acids is 1. The van der Waals surface area contributed by atoms with Crippen LogP contribution in [0.15, 0.2) is 18.2 Å². The number of benzene rings is 1. The molecule has 0 radical (unpaired) electrons. The van der Waals surface area contributed by atoms with Gasteiger partial charge in [0.05, 0.1) is 10.9 Å². The summed E-state index contributed by atoms with van der Waals surface area (Å²) in [5.74, 6) is -3.14. The smallest absolute Gasteiger partial charge is 0.329 e. The fourth-order valence-electron chi connectivity index (χ4n) is 2.64. The molecule has 6 nitrogen and oxygen atoms in total. The van der Waals surface area contributed by atoms with Gasteiger partial charge < -0.3 is 15.3 Å². The number of halogens is 2. The van der Waals surface area contributed by atoms with E-state index in [0.29, 0.717) is 18.5 Å². The quantitative estimate of drug-likeness (QED) is 0.871. The molecule has 2 amide bonds. The summed E-state index contributed by atoms with van der Waals surface area (Å²) in [5, 5.41) is 11.5. The van der Waals surface area contributed by atoms with Crippen molar-refractivity contribution in [1.82, 2.24) is 5.32 Å². The van der Waals surface area contributed by atoms with E-state index in [2.05, 4.69) is 5.32 Å². The predicted molar refractivity (Wildman–Crippen MR) is 79.6 cm³/mol. The molecule has 1 saturated heterocycles. The maximum absolute atomic E-state index is 13.5. The summed E-state index contributed by atoms with van der Waals surface area (Å²) in [6, 6.07) is 3.99. The van der Waals surface area contributed by atoms with Crippen molar-refractivity contribution < 1.29 is 23.9 Å². The number of nitrogens with one attached hydrogen (secondary N) is 1. The molecule has 3 rings (SSSR count). The normalized spacial score (nSPS) is 22.1. The number of hydrogen-bond acceptors (Lipinski definition) is 3. The van der Waals surface area contributed by atoms with Gasteiger partial charge in [-0.05, 0) is 31.0 Å². The zero-order valence-electron chi connectivity index (χ0n) is 12.0. The first-order valence-electron chi connectivity index (χ1n) is 7.13. The van der Waals surface area contributed by atoms with Gasteiger partial charge in [-0.3, -0.25) is 9.59 Å². The summed E-state index contributed by atoms with van der Waals surface area (Å²) in [6.45, 7) is 0.0848. The molecular weight excluding hydrogens is 327 g/mol. The second-order valence-electron chi connectivity index (χ2n) is 5.88. The van der Waals surface area contributed by atoms with Crippen LogP contribution in [0, 0.1) is 11.7 Å². The monoisotopic (exact) mass is 340 g/mol. The van der Waals surface area contributed by atoms with Gasteiger partial charge in [-0.15, -0.1) is 0 Å². The van der Waals surface area contributed by atoms with Crippen molar-refractivity contribution in [2.24, 2.45) is 5.92 Å². The van der Waals surface area contributed by atoms with Gasteiger partial charge in [0.25, 0.3) is 0 Å². The van der Waals surface area contributed by atoms with E-state index in [9.17, 15) is 18.8 Å². The molecule has 0 bridgehead atoms. The summed E-state index contributed by atoms with van der Waals surface area (Å²) >= 11 is 5.61. The molecule has 2 fully saturated rings. The predicted octanol–water partition coefficient (Wildman–Crippen LogP) is 1.57. The van der Waals surface area contributed by atoms with Crippen LogP contribution in [0.3, 0.4) is 0 Å². The summed E-state index contributed by atoms with van der Waals surface area (Å²) in [5.41, 5.74) is -0.855. The van der Waals surface area contributed by atoms with Gasteiger partial charge in [-0.25, -0.2) is 9.18 Å². The van der Waals surface area contributed by atoms with E-state index in [1.165, 1.54) is 17.0 Å². The van der Waals surface area contributed by atoms with Crippen molar-refractivity contribution in [3.63, 3.8) is 0 Å². The van der Waals surface area contributed by atoms with E-state index < -0.39 is 29.2 Å². The van der Waals surface area contributed by atoms with Gasteiger partial charge in [0.2, 0.25) is 11.8 Å². The third-order valence-electron chi connectivity index (χ3n) is 4.23. The highest BCUT2D eigenvalue weighted by molar-refractivity contribution is 6.30. The fourth-order valence-corrected chi connectivity index (χ4v) is 2.76. The van der Waals surface area contributed by atoms with E-state index in [1.807, 2.05) is 0 Å². The van der Waals surface area contributed by atoms with Crippen LogP contribution in [0.25, 0.3) is 0 Å². The molecule has 1 aliphatic heterocycles. The zero-order chi connectivity index (χ0) is 16.8. The molecule has 0 spiro atoms. The van der Waals surface area contributed by atoms with Crippen LogP contribution in [0.1, 0.15) is 19.3 Å². The second-order valence-corrected chi connectivity index (χ2v) is 6.29. The largest absolute Gasteiger partial charge is 0.480 e. The lowest BCUT2D eigenvalue weighted by atomic mass is 10.1. The van der Waals surface area contributed by atoms with E-state index in [-0.39, 0.29) is 23.9 Å². The number of nitrogens with zero attached hydrogens (tertiary/aromatic N) is 1. The van der Waals surface area contributed by atoms with Crippen LogP contribution in [-0.4, -0.2) is 35.0 Å². The molecule has 1 atom stereocenters. The highest BCUT2D eigenvalue weighted by Gasteiger charge is 2.52. The number of amides is 2. The Morgan fingerprint density at radius 1 is 1.39 bits per heavy atom. The molecule has 1 aliphatic carbocycles. The number of aliphatic carboxylic acids is 1. The molecule has 1 heterocycles. The van der Waals surface area contributed by atoms with Crippen LogP contribution in [0.4, 0.5) is 10.1 Å². The minimum atomic E-state index is -1.18. The van der Waals surface area contributed by atoms with Crippen molar-refractivity contribution in [2.75, 3.05) is 11.4 Å². The van der Waals surface area contributed by atoms with Gasteiger partial charge in [0.15, 0.2) is 0 Å². The Bertz CT molecular complexity index is 705. The zero-order valence-corrected chi connectivity index (χ0v) is 12.8. The molecular formula is C15H14ClFN2O4. The average molecular weight is 341 g/mol. The Morgan fingerprint density at radius 3 is 2.65 bits per heavy atom. The Kier molecular flexibility index (Phi) is 3.75. The van der Waals surface area contributed by atoms with Crippen molar-refractivity contribution >= 4 is 35.1 Å². The van der Waals surface area contributed by atoms with Gasteiger partial charge in [0.1, 0.15) is 11.4 Å². The Balaban J connectivity index is 1.71. The number of hydrogen-bond donors (Lipinski definition) is 2. The van der Waals surface area contributed by atoms with Crippen molar-refractivity contribution in [2.45, 2.75) is 24.8 Å². The fraction of sp³-hybridized carbons (Fsp3) is 0.400. The van der Waals surface area contributed by atoms with Crippen LogP contribution in [0.5, 0.6) is 0 Å². The lowest BCUT2D eigenvalue weighted by Crippen LogP contribution is -2.46. The number of carbonyl (C=O) groups is 3. The molecule has 122 valence electrons. The van der Waals surface area contributed by atoms with E-state index in [1.54, 1.807) is 0 Å².